The SMILES string of the molecule is CC1CCCCN1C(=O)CN(C)Cc1ccccc1. The van der Waals surface area contributed by atoms with Gasteiger partial charge in [-0.3, -0.25) is 9.69 Å². The Labute approximate surface area is 116 Å². The zero-order valence-electron chi connectivity index (χ0n) is 12.0. The summed E-state index contributed by atoms with van der Waals surface area (Å²) < 4.78 is 0. The van der Waals surface area contributed by atoms with Crippen LogP contribution < -0.4 is 0 Å². The molecule has 1 amide bonds. The summed E-state index contributed by atoms with van der Waals surface area (Å²) in [5, 5.41) is 0. The quantitative estimate of drug-likeness (QED) is 0.830. The number of rotatable bonds is 4. The third-order valence-corrected chi connectivity index (χ3v) is 3.82. The predicted molar refractivity (Wildman–Crippen MR) is 77.8 cm³/mol. The van der Waals surface area contributed by atoms with Gasteiger partial charge in [0.25, 0.3) is 0 Å². The van der Waals surface area contributed by atoms with Crippen molar-refractivity contribution in [3.63, 3.8) is 0 Å². The van der Waals surface area contributed by atoms with Crippen LogP contribution >= 0.6 is 0 Å². The van der Waals surface area contributed by atoms with E-state index in [1.54, 1.807) is 0 Å². The molecular formula is C16H24N2O. The number of amides is 1. The van der Waals surface area contributed by atoms with Gasteiger partial charge in [0.2, 0.25) is 5.91 Å². The Morgan fingerprint density at radius 1 is 1.32 bits per heavy atom. The minimum atomic E-state index is 0.269. The molecule has 3 heteroatoms. The van der Waals surface area contributed by atoms with Gasteiger partial charge in [-0.1, -0.05) is 30.3 Å². The smallest absolute Gasteiger partial charge is 0.236 e. The zero-order valence-corrected chi connectivity index (χ0v) is 12.0. The van der Waals surface area contributed by atoms with Crippen LogP contribution in [0.2, 0.25) is 0 Å². The summed E-state index contributed by atoms with van der Waals surface area (Å²) in [6.45, 7) is 4.43. The van der Waals surface area contributed by atoms with Gasteiger partial charge in [-0.2, -0.15) is 0 Å². The standard InChI is InChI=1S/C16H24N2O/c1-14-8-6-7-11-18(14)16(19)13-17(2)12-15-9-4-3-5-10-15/h3-5,9-10,14H,6-8,11-13H2,1-2H3. The van der Waals surface area contributed by atoms with E-state index in [0.717, 1.165) is 25.9 Å². The summed E-state index contributed by atoms with van der Waals surface area (Å²) in [5.74, 6) is 0.269. The summed E-state index contributed by atoms with van der Waals surface area (Å²) in [5.41, 5.74) is 1.25. The number of carbonyl (C=O) groups excluding carboxylic acids is 1. The molecule has 1 saturated heterocycles. The maximum absolute atomic E-state index is 12.3. The highest BCUT2D eigenvalue weighted by molar-refractivity contribution is 5.78. The number of piperidine rings is 1. The normalized spacial score (nSPS) is 19.7. The summed E-state index contributed by atoms with van der Waals surface area (Å²) >= 11 is 0. The van der Waals surface area contributed by atoms with Crippen LogP contribution in [0.1, 0.15) is 31.7 Å². The van der Waals surface area contributed by atoms with Gasteiger partial charge in [0.1, 0.15) is 0 Å². The fourth-order valence-electron chi connectivity index (χ4n) is 2.74. The molecular weight excluding hydrogens is 236 g/mol. The summed E-state index contributed by atoms with van der Waals surface area (Å²) in [7, 11) is 2.01. The maximum Gasteiger partial charge on any atom is 0.236 e. The molecule has 0 N–H and O–H groups in total. The second-order valence-corrected chi connectivity index (χ2v) is 5.59. The molecule has 1 atom stereocenters. The third-order valence-electron chi connectivity index (χ3n) is 3.82. The second kappa shape index (κ2) is 6.71. The molecule has 1 aromatic rings. The van der Waals surface area contributed by atoms with Gasteiger partial charge in [0.15, 0.2) is 0 Å². The molecule has 1 fully saturated rings. The highest BCUT2D eigenvalue weighted by Gasteiger charge is 2.23. The van der Waals surface area contributed by atoms with E-state index in [1.165, 1.54) is 12.0 Å². The first-order valence-corrected chi connectivity index (χ1v) is 7.19. The lowest BCUT2D eigenvalue weighted by molar-refractivity contribution is -0.135. The van der Waals surface area contributed by atoms with Crippen LogP contribution in [0.5, 0.6) is 0 Å². The van der Waals surface area contributed by atoms with E-state index >= 15 is 0 Å². The largest absolute Gasteiger partial charge is 0.339 e. The molecule has 1 aliphatic rings. The van der Waals surface area contributed by atoms with Crippen molar-refractivity contribution in [2.24, 2.45) is 0 Å². The van der Waals surface area contributed by atoms with Crippen molar-refractivity contribution in [3.05, 3.63) is 35.9 Å². The molecule has 104 valence electrons. The number of carbonyl (C=O) groups is 1. The molecule has 0 aromatic heterocycles. The Kier molecular flexibility index (Phi) is 4.97. The zero-order chi connectivity index (χ0) is 13.7. The second-order valence-electron chi connectivity index (χ2n) is 5.59. The summed E-state index contributed by atoms with van der Waals surface area (Å²) in [6.07, 6.45) is 3.55. The van der Waals surface area contributed by atoms with E-state index < -0.39 is 0 Å². The highest BCUT2D eigenvalue weighted by atomic mass is 16.2. The number of likely N-dealkylation sites (N-methyl/N-ethyl adjacent to an activating group) is 1. The monoisotopic (exact) mass is 260 g/mol. The first-order valence-electron chi connectivity index (χ1n) is 7.19. The fourth-order valence-corrected chi connectivity index (χ4v) is 2.74. The summed E-state index contributed by atoms with van der Waals surface area (Å²) in [4.78, 5) is 16.4. The van der Waals surface area contributed by atoms with Crippen LogP contribution in [0.4, 0.5) is 0 Å². The Bertz CT molecular complexity index is 404. The van der Waals surface area contributed by atoms with Crippen molar-refractivity contribution in [2.75, 3.05) is 20.1 Å². The average molecular weight is 260 g/mol. The number of likely N-dealkylation sites (tertiary alicyclic amines) is 1. The number of nitrogens with zero attached hydrogens (tertiary/aromatic N) is 2. The first kappa shape index (κ1) is 14.1. The van der Waals surface area contributed by atoms with Gasteiger partial charge in [-0.25, -0.2) is 0 Å². The van der Waals surface area contributed by atoms with Crippen LogP contribution in [-0.4, -0.2) is 41.9 Å². The van der Waals surface area contributed by atoms with E-state index in [9.17, 15) is 4.79 Å². The summed E-state index contributed by atoms with van der Waals surface area (Å²) in [6, 6.07) is 10.7. The van der Waals surface area contributed by atoms with E-state index in [2.05, 4.69) is 24.0 Å². The number of hydrogen-bond donors (Lipinski definition) is 0. The van der Waals surface area contributed by atoms with Gasteiger partial charge in [-0.15, -0.1) is 0 Å². The van der Waals surface area contributed by atoms with Crippen molar-refractivity contribution >= 4 is 5.91 Å². The molecule has 2 rings (SSSR count). The molecule has 3 nitrogen and oxygen atoms in total. The van der Waals surface area contributed by atoms with Crippen molar-refractivity contribution in [1.82, 2.24) is 9.80 Å². The topological polar surface area (TPSA) is 23.6 Å². The van der Waals surface area contributed by atoms with E-state index in [-0.39, 0.29) is 5.91 Å². The van der Waals surface area contributed by atoms with E-state index in [1.807, 2.05) is 30.1 Å². The van der Waals surface area contributed by atoms with Crippen LogP contribution in [-0.2, 0) is 11.3 Å². The van der Waals surface area contributed by atoms with Crippen LogP contribution in [0, 0.1) is 0 Å². The fraction of sp³-hybridized carbons (Fsp3) is 0.562. The molecule has 1 aliphatic heterocycles. The van der Waals surface area contributed by atoms with Crippen molar-refractivity contribution in [3.8, 4) is 0 Å². The Morgan fingerprint density at radius 2 is 2.05 bits per heavy atom. The third kappa shape index (κ3) is 4.06. The van der Waals surface area contributed by atoms with Crippen LogP contribution in [0.25, 0.3) is 0 Å². The molecule has 0 saturated carbocycles. The average Bonchev–Trinajstić information content (AvgIpc) is 2.40. The number of benzene rings is 1. The molecule has 1 heterocycles. The Morgan fingerprint density at radius 3 is 2.74 bits per heavy atom. The van der Waals surface area contributed by atoms with Gasteiger partial charge in [0, 0.05) is 19.1 Å². The first-order chi connectivity index (χ1) is 9.16. The minimum Gasteiger partial charge on any atom is -0.339 e. The van der Waals surface area contributed by atoms with Crippen LogP contribution in [0.3, 0.4) is 0 Å². The van der Waals surface area contributed by atoms with Gasteiger partial charge in [0.05, 0.1) is 6.54 Å². The lowest BCUT2D eigenvalue weighted by Gasteiger charge is -2.34. The molecule has 0 radical (unpaired) electrons. The molecule has 0 bridgehead atoms. The maximum atomic E-state index is 12.3. The lowest BCUT2D eigenvalue weighted by Crippen LogP contribution is -2.46. The molecule has 19 heavy (non-hydrogen) atoms. The minimum absolute atomic E-state index is 0.269. The van der Waals surface area contributed by atoms with Gasteiger partial charge in [-0.05, 0) is 38.8 Å². The molecule has 0 aliphatic carbocycles. The van der Waals surface area contributed by atoms with Crippen LogP contribution in [0.15, 0.2) is 30.3 Å². The predicted octanol–water partition coefficient (Wildman–Crippen LogP) is 2.52. The van der Waals surface area contributed by atoms with Crippen molar-refractivity contribution in [2.45, 2.75) is 38.8 Å². The Balaban J connectivity index is 1.84. The lowest BCUT2D eigenvalue weighted by atomic mass is 10.0. The Hall–Kier alpha value is -1.35. The van der Waals surface area contributed by atoms with Crippen molar-refractivity contribution in [1.29, 1.82) is 0 Å². The highest BCUT2D eigenvalue weighted by Crippen LogP contribution is 2.16. The molecule has 0 spiro atoms. The van der Waals surface area contributed by atoms with E-state index in [0.29, 0.717) is 12.6 Å². The van der Waals surface area contributed by atoms with Crippen molar-refractivity contribution < 1.29 is 4.79 Å². The number of hydrogen-bond acceptors (Lipinski definition) is 2. The molecule has 1 aromatic carbocycles. The molecule has 1 unspecified atom stereocenters. The van der Waals surface area contributed by atoms with E-state index in [4.69, 9.17) is 0 Å². The van der Waals surface area contributed by atoms with Gasteiger partial charge >= 0.3 is 0 Å². The van der Waals surface area contributed by atoms with Gasteiger partial charge < -0.3 is 4.90 Å².